The summed E-state index contributed by atoms with van der Waals surface area (Å²) in [5, 5.41) is 1.09. The number of allylic oxidation sites excluding steroid dienone is 2. The number of hydrogen-bond donors (Lipinski definition) is 0. The molecule has 0 aliphatic carbocycles. The molecule has 0 fully saturated rings. The van der Waals surface area contributed by atoms with Crippen LogP contribution in [0.4, 0.5) is 8.78 Å². The maximum absolute atomic E-state index is 13.3. The Labute approximate surface area is 228 Å². The maximum atomic E-state index is 13.3. The summed E-state index contributed by atoms with van der Waals surface area (Å²) >= 11 is 6.50. The minimum absolute atomic E-state index is 0.0337. The van der Waals surface area contributed by atoms with Crippen LogP contribution in [-0.2, 0) is 20.0 Å². The number of rotatable bonds is 14. The topological polar surface area (TPSA) is 74.8 Å². The average Bonchev–Trinajstić information content (AvgIpc) is 2.84. The largest absolute Gasteiger partial charge is 0.243 e. The number of halogens is 4. The first-order valence-corrected chi connectivity index (χ1v) is 15.8. The normalized spacial score (nSPS) is 13.2. The van der Waals surface area contributed by atoms with Gasteiger partial charge in [-0.15, -0.1) is 0 Å². The summed E-state index contributed by atoms with van der Waals surface area (Å²) in [7, 11) is -7.85. The highest BCUT2D eigenvalue weighted by molar-refractivity contribution is 9.09. The average molecular weight is 668 g/mol. The fraction of sp³-hybridized carbons (Fsp3) is 0.250. The SMILES string of the molecule is O=S(=O)(c1ccc(F)cc1)N(C/C=C\CBr)C/C=C/CN(C/C=C/CBr)S(=O)(=O)c1ccc(F)cc1. The summed E-state index contributed by atoms with van der Waals surface area (Å²) in [4.78, 5) is -0.102. The molecular formula is C24H26Br2F2N2O4S2. The molecule has 0 radical (unpaired) electrons. The van der Waals surface area contributed by atoms with Crippen LogP contribution in [0.5, 0.6) is 0 Å². The molecule has 2 rings (SSSR count). The van der Waals surface area contributed by atoms with Crippen LogP contribution in [-0.4, -0.2) is 62.3 Å². The van der Waals surface area contributed by atoms with Gasteiger partial charge in [0.05, 0.1) is 9.79 Å². The summed E-state index contributed by atoms with van der Waals surface area (Å²) in [6.07, 6.45) is 9.99. The molecule has 0 bridgehead atoms. The quantitative estimate of drug-likeness (QED) is 0.208. The third-order valence-corrected chi connectivity index (χ3v) is 9.26. The van der Waals surface area contributed by atoms with Gasteiger partial charge in [-0.05, 0) is 48.5 Å². The van der Waals surface area contributed by atoms with E-state index in [1.165, 1.54) is 32.9 Å². The van der Waals surface area contributed by atoms with E-state index in [9.17, 15) is 25.6 Å². The van der Waals surface area contributed by atoms with Gasteiger partial charge in [0.2, 0.25) is 20.0 Å². The minimum Gasteiger partial charge on any atom is -0.207 e. The predicted octanol–water partition coefficient (Wildman–Crippen LogP) is 5.10. The lowest BCUT2D eigenvalue weighted by molar-refractivity contribution is 0.465. The third-order valence-electron chi connectivity index (χ3n) is 4.82. The highest BCUT2D eigenvalue weighted by Gasteiger charge is 2.24. The molecule has 0 aliphatic rings. The number of alkyl halides is 2. The smallest absolute Gasteiger partial charge is 0.207 e. The zero-order chi connectivity index (χ0) is 26.6. The van der Waals surface area contributed by atoms with Gasteiger partial charge in [-0.25, -0.2) is 25.6 Å². The lowest BCUT2D eigenvalue weighted by Crippen LogP contribution is -2.33. The van der Waals surface area contributed by atoms with Gasteiger partial charge in [-0.3, -0.25) is 0 Å². The highest BCUT2D eigenvalue weighted by Crippen LogP contribution is 2.18. The van der Waals surface area contributed by atoms with Gasteiger partial charge in [0.15, 0.2) is 0 Å². The van der Waals surface area contributed by atoms with Crippen molar-refractivity contribution < 1.29 is 25.6 Å². The third kappa shape index (κ3) is 9.00. The lowest BCUT2D eigenvalue weighted by atomic mass is 10.4. The number of hydrogen-bond acceptors (Lipinski definition) is 4. The fourth-order valence-electron chi connectivity index (χ4n) is 2.95. The number of sulfonamides is 2. The number of benzene rings is 2. The van der Waals surface area contributed by atoms with Crippen LogP contribution in [0.25, 0.3) is 0 Å². The predicted molar refractivity (Wildman–Crippen MR) is 145 cm³/mol. The summed E-state index contributed by atoms with van der Waals surface area (Å²) in [5.41, 5.74) is 0. The molecule has 0 aliphatic heterocycles. The first kappa shape index (κ1) is 30.5. The first-order chi connectivity index (χ1) is 17.1. The Balaban J connectivity index is 2.24. The fourth-order valence-corrected chi connectivity index (χ4v) is 6.16. The molecule has 0 N–H and O–H groups in total. The monoisotopic (exact) mass is 666 g/mol. The summed E-state index contributed by atoms with van der Waals surface area (Å²) in [5.74, 6) is -1.09. The van der Waals surface area contributed by atoms with Crippen LogP contribution in [0.2, 0.25) is 0 Å². The molecule has 0 heterocycles. The van der Waals surface area contributed by atoms with E-state index >= 15 is 0 Å². The van der Waals surface area contributed by atoms with Crippen molar-refractivity contribution in [2.75, 3.05) is 36.8 Å². The molecule has 0 spiro atoms. The van der Waals surface area contributed by atoms with E-state index in [1.807, 2.05) is 0 Å². The van der Waals surface area contributed by atoms with Crippen molar-refractivity contribution in [2.45, 2.75) is 9.79 Å². The van der Waals surface area contributed by atoms with Gasteiger partial charge in [0.25, 0.3) is 0 Å². The van der Waals surface area contributed by atoms with E-state index in [4.69, 9.17) is 0 Å². The molecule has 0 amide bonds. The molecule has 0 saturated carbocycles. The van der Waals surface area contributed by atoms with Crippen LogP contribution in [0, 0.1) is 11.6 Å². The Hall–Kier alpha value is -1.70. The molecule has 36 heavy (non-hydrogen) atoms. The van der Waals surface area contributed by atoms with Gasteiger partial charge >= 0.3 is 0 Å². The summed E-state index contributed by atoms with van der Waals surface area (Å²) in [6, 6.07) is 9.10. The Morgan fingerprint density at radius 2 is 0.833 bits per heavy atom. The second kappa shape index (κ2) is 14.9. The van der Waals surface area contributed by atoms with Gasteiger partial charge in [0.1, 0.15) is 11.6 Å². The van der Waals surface area contributed by atoms with Gasteiger partial charge in [-0.1, -0.05) is 68.3 Å². The van der Waals surface area contributed by atoms with Crippen molar-refractivity contribution in [1.29, 1.82) is 0 Å². The Kier molecular flexibility index (Phi) is 12.6. The minimum atomic E-state index is -3.93. The molecule has 0 atom stereocenters. The van der Waals surface area contributed by atoms with Crippen molar-refractivity contribution in [1.82, 2.24) is 8.61 Å². The molecular weight excluding hydrogens is 642 g/mol. The highest BCUT2D eigenvalue weighted by atomic mass is 79.9. The molecule has 12 heteroatoms. The van der Waals surface area contributed by atoms with Crippen LogP contribution < -0.4 is 0 Å². The number of nitrogens with zero attached hydrogens (tertiary/aromatic N) is 2. The molecule has 0 aromatic heterocycles. The Morgan fingerprint density at radius 1 is 0.556 bits per heavy atom. The van der Waals surface area contributed by atoms with E-state index < -0.39 is 31.7 Å². The second-order valence-corrected chi connectivity index (χ2v) is 12.4. The van der Waals surface area contributed by atoms with Crippen molar-refractivity contribution >= 4 is 51.9 Å². The Morgan fingerprint density at radius 3 is 1.11 bits per heavy atom. The second-order valence-electron chi connectivity index (χ2n) is 7.27. The standard InChI is InChI=1S/C24H26Br2F2N2O4S2/c25-15-1-3-17-29(35(31,32)23-11-7-21(27)8-12-23)19-5-6-20-30(18-4-2-16-26)36(33,34)24-13-9-22(28)10-14-24/h1-14H,15-20H2/b3-1-,4-2+,6-5+. The van der Waals surface area contributed by atoms with Crippen LogP contribution >= 0.6 is 31.9 Å². The van der Waals surface area contributed by atoms with E-state index in [-0.39, 0.29) is 36.0 Å². The van der Waals surface area contributed by atoms with Crippen LogP contribution in [0.3, 0.4) is 0 Å². The maximum Gasteiger partial charge on any atom is 0.243 e. The van der Waals surface area contributed by atoms with E-state index in [0.717, 1.165) is 24.3 Å². The molecule has 2 aromatic rings. The van der Waals surface area contributed by atoms with E-state index in [2.05, 4.69) is 31.9 Å². The van der Waals surface area contributed by atoms with Crippen molar-refractivity contribution in [2.24, 2.45) is 0 Å². The zero-order valence-corrected chi connectivity index (χ0v) is 24.0. The van der Waals surface area contributed by atoms with Crippen LogP contribution in [0.15, 0.2) is 94.8 Å². The summed E-state index contributed by atoms with van der Waals surface area (Å²) in [6.45, 7) is 0.0739. The molecule has 2 aromatic carbocycles. The van der Waals surface area contributed by atoms with Gasteiger partial charge in [0, 0.05) is 36.8 Å². The zero-order valence-electron chi connectivity index (χ0n) is 19.2. The first-order valence-electron chi connectivity index (χ1n) is 10.7. The van der Waals surface area contributed by atoms with Crippen molar-refractivity contribution in [3.05, 3.63) is 96.6 Å². The van der Waals surface area contributed by atoms with Gasteiger partial charge in [-0.2, -0.15) is 8.61 Å². The summed E-state index contributed by atoms with van der Waals surface area (Å²) < 4.78 is 81.3. The van der Waals surface area contributed by atoms with E-state index in [0.29, 0.717) is 10.7 Å². The molecule has 0 saturated heterocycles. The Bertz CT molecular complexity index is 1170. The lowest BCUT2D eigenvalue weighted by Gasteiger charge is -2.21. The van der Waals surface area contributed by atoms with Gasteiger partial charge < -0.3 is 0 Å². The van der Waals surface area contributed by atoms with Crippen LogP contribution in [0.1, 0.15) is 0 Å². The molecule has 196 valence electrons. The van der Waals surface area contributed by atoms with Crippen molar-refractivity contribution in [3.8, 4) is 0 Å². The van der Waals surface area contributed by atoms with Crippen molar-refractivity contribution in [3.63, 3.8) is 0 Å². The molecule has 6 nitrogen and oxygen atoms in total. The molecule has 0 unspecified atom stereocenters. The van der Waals surface area contributed by atoms with E-state index in [1.54, 1.807) is 36.5 Å².